The first-order chi connectivity index (χ1) is 23.3. The number of hydrogen-bond donors (Lipinski definition) is 4. The smallest absolute Gasteiger partial charge is 0.303 e. The van der Waals surface area contributed by atoms with E-state index in [1.807, 2.05) is 13.8 Å². The van der Waals surface area contributed by atoms with Crippen molar-refractivity contribution in [2.45, 2.75) is 137 Å². The van der Waals surface area contributed by atoms with Gasteiger partial charge in [-0.3, -0.25) is 19.2 Å². The molecule has 51 heavy (non-hydrogen) atoms. The van der Waals surface area contributed by atoms with Gasteiger partial charge in [0.05, 0.1) is 23.7 Å². The first-order valence-corrected chi connectivity index (χ1v) is 18.0. The Kier molecular flexibility index (Phi) is 9.94. The molecular weight excluding hydrogens is 660 g/mol. The largest absolute Gasteiger partial charge is 0.505 e. The second-order valence-electron chi connectivity index (χ2n) is 17.5. The van der Waals surface area contributed by atoms with Gasteiger partial charge in [-0.15, -0.1) is 0 Å². The minimum atomic E-state index is -2.01. The number of rotatable bonds is 8. The highest BCUT2D eigenvalue weighted by molar-refractivity contribution is 6.01. The standard InChI is InChI=1S/C39H56O12/c1-20(40)49-26-19-48-33(30(29(26)44)50-21(2)41)51-25-18-38(9)27-12-11-22-23(17-24(42)32(45)35(22,5)6)36(27,7)15-16-37(38,8)31(25)39(10,47)28(43)13-14-34(3,4)46/h11,13-14,17,23,25-27,29-31,33,42,44,46-47H,12,15-16,18-19H2,1-10H3. The molecule has 0 spiro atoms. The Balaban J connectivity index is 1.60. The number of aliphatic hydroxyl groups is 4. The summed E-state index contributed by atoms with van der Waals surface area (Å²) in [5.74, 6) is -3.66. The average molecular weight is 717 g/mol. The molecule has 12 atom stereocenters. The van der Waals surface area contributed by atoms with E-state index in [1.54, 1.807) is 6.08 Å². The lowest BCUT2D eigenvalue weighted by Gasteiger charge is -2.64. The van der Waals surface area contributed by atoms with Crippen LogP contribution in [0.1, 0.15) is 94.9 Å². The van der Waals surface area contributed by atoms with Gasteiger partial charge < -0.3 is 39.4 Å². The van der Waals surface area contributed by atoms with Crippen molar-refractivity contribution in [3.63, 3.8) is 0 Å². The van der Waals surface area contributed by atoms with Crippen molar-refractivity contribution in [1.29, 1.82) is 0 Å². The summed E-state index contributed by atoms with van der Waals surface area (Å²) in [6, 6.07) is 0. The lowest BCUT2D eigenvalue weighted by Crippen LogP contribution is -2.61. The monoisotopic (exact) mass is 716 g/mol. The van der Waals surface area contributed by atoms with Crippen LogP contribution in [0, 0.1) is 39.4 Å². The van der Waals surface area contributed by atoms with E-state index in [1.165, 1.54) is 46.8 Å². The molecule has 4 N–H and O–H groups in total. The second-order valence-corrected chi connectivity index (χ2v) is 17.5. The molecule has 0 radical (unpaired) electrons. The molecule has 0 aromatic heterocycles. The van der Waals surface area contributed by atoms with Crippen molar-refractivity contribution in [2.75, 3.05) is 6.61 Å². The van der Waals surface area contributed by atoms with Crippen molar-refractivity contribution in [3.05, 3.63) is 35.6 Å². The Labute approximate surface area is 300 Å². The van der Waals surface area contributed by atoms with Gasteiger partial charge in [0.25, 0.3) is 0 Å². The van der Waals surface area contributed by atoms with Crippen LogP contribution in [-0.4, -0.2) is 92.4 Å². The molecule has 12 nitrogen and oxygen atoms in total. The number of Topliss-reactive ketones (excluding diaryl/α,β-unsaturated/α-hetero) is 1. The second kappa shape index (κ2) is 12.9. The van der Waals surface area contributed by atoms with Crippen LogP contribution in [0.2, 0.25) is 0 Å². The number of esters is 2. The van der Waals surface area contributed by atoms with Crippen LogP contribution in [-0.2, 0) is 38.1 Å². The molecule has 12 heteroatoms. The Hall–Kier alpha value is -2.90. The Morgan fingerprint density at radius 1 is 0.961 bits per heavy atom. The predicted molar refractivity (Wildman–Crippen MR) is 184 cm³/mol. The number of fused-ring (bicyclic) bond motifs is 5. The van der Waals surface area contributed by atoms with Crippen LogP contribution in [0.3, 0.4) is 0 Å². The Morgan fingerprint density at radius 3 is 2.18 bits per heavy atom. The van der Waals surface area contributed by atoms with E-state index in [0.29, 0.717) is 25.7 Å². The average Bonchev–Trinajstić information content (AvgIpc) is 3.24. The van der Waals surface area contributed by atoms with Crippen molar-refractivity contribution in [2.24, 2.45) is 39.4 Å². The van der Waals surface area contributed by atoms with Crippen LogP contribution in [0.5, 0.6) is 0 Å². The summed E-state index contributed by atoms with van der Waals surface area (Å²) in [6.45, 7) is 16.7. The zero-order valence-electron chi connectivity index (χ0n) is 31.5. The predicted octanol–water partition coefficient (Wildman–Crippen LogP) is 4.05. The van der Waals surface area contributed by atoms with Gasteiger partial charge in [-0.25, -0.2) is 0 Å². The molecule has 0 aromatic carbocycles. The number of ether oxygens (including phenoxy) is 4. The van der Waals surface area contributed by atoms with Gasteiger partial charge in [0.2, 0.25) is 5.78 Å². The summed E-state index contributed by atoms with van der Waals surface area (Å²) in [4.78, 5) is 51.0. The number of carbonyl (C=O) groups excluding carboxylic acids is 4. The van der Waals surface area contributed by atoms with Gasteiger partial charge in [-0.1, -0.05) is 38.5 Å². The first kappa shape index (κ1) is 39.3. The highest BCUT2D eigenvalue weighted by Crippen LogP contribution is 2.75. The van der Waals surface area contributed by atoms with E-state index in [2.05, 4.69) is 26.8 Å². The van der Waals surface area contributed by atoms with E-state index in [-0.39, 0.29) is 30.0 Å². The molecule has 0 bridgehead atoms. The summed E-state index contributed by atoms with van der Waals surface area (Å²) in [5, 5.41) is 44.8. The molecule has 0 aromatic rings. The maximum absolute atomic E-state index is 14.0. The molecule has 1 saturated heterocycles. The van der Waals surface area contributed by atoms with E-state index < -0.39 is 87.2 Å². The summed E-state index contributed by atoms with van der Waals surface area (Å²) in [5.41, 5.74) is -4.95. The molecule has 284 valence electrons. The van der Waals surface area contributed by atoms with Crippen LogP contribution >= 0.6 is 0 Å². The highest BCUT2D eigenvalue weighted by atomic mass is 16.7. The maximum Gasteiger partial charge on any atom is 0.303 e. The molecule has 1 aliphatic heterocycles. The number of ketones is 2. The van der Waals surface area contributed by atoms with Crippen LogP contribution < -0.4 is 0 Å². The highest BCUT2D eigenvalue weighted by Gasteiger charge is 2.73. The lowest BCUT2D eigenvalue weighted by molar-refractivity contribution is -0.296. The van der Waals surface area contributed by atoms with Crippen molar-refractivity contribution in [3.8, 4) is 0 Å². The summed E-state index contributed by atoms with van der Waals surface area (Å²) in [7, 11) is 0. The number of allylic oxidation sites excluding steroid dienone is 4. The molecule has 5 rings (SSSR count). The summed E-state index contributed by atoms with van der Waals surface area (Å²) < 4.78 is 23.4. The van der Waals surface area contributed by atoms with Gasteiger partial charge >= 0.3 is 11.9 Å². The van der Waals surface area contributed by atoms with E-state index in [4.69, 9.17) is 18.9 Å². The summed E-state index contributed by atoms with van der Waals surface area (Å²) in [6.07, 6.45) is 2.33. The molecule has 5 aliphatic rings. The minimum absolute atomic E-state index is 0.0463. The molecule has 1 heterocycles. The van der Waals surface area contributed by atoms with Gasteiger partial charge in [-0.05, 0) is 94.6 Å². The lowest BCUT2D eigenvalue weighted by atomic mass is 9.39. The van der Waals surface area contributed by atoms with Crippen LogP contribution in [0.4, 0.5) is 0 Å². The van der Waals surface area contributed by atoms with Gasteiger partial charge in [-0.2, -0.15) is 0 Å². The zero-order valence-corrected chi connectivity index (χ0v) is 31.5. The first-order valence-electron chi connectivity index (χ1n) is 18.0. The van der Waals surface area contributed by atoms with E-state index in [9.17, 15) is 39.6 Å². The van der Waals surface area contributed by atoms with Gasteiger partial charge in [0.1, 0.15) is 11.7 Å². The third kappa shape index (κ3) is 6.43. The zero-order chi connectivity index (χ0) is 38.3. The summed E-state index contributed by atoms with van der Waals surface area (Å²) >= 11 is 0. The molecule has 12 unspecified atom stereocenters. The quantitative estimate of drug-likeness (QED) is 0.161. The third-order valence-electron chi connectivity index (χ3n) is 13.3. The molecule has 2 saturated carbocycles. The molecule has 3 fully saturated rings. The number of hydrogen-bond acceptors (Lipinski definition) is 12. The molecule has 4 aliphatic carbocycles. The van der Waals surface area contributed by atoms with E-state index in [0.717, 1.165) is 5.57 Å². The minimum Gasteiger partial charge on any atom is -0.505 e. The van der Waals surface area contributed by atoms with Gasteiger partial charge in [0.15, 0.2) is 30.0 Å². The fourth-order valence-electron chi connectivity index (χ4n) is 10.6. The third-order valence-corrected chi connectivity index (χ3v) is 13.3. The number of carbonyl (C=O) groups is 4. The van der Waals surface area contributed by atoms with Gasteiger partial charge in [0, 0.05) is 25.7 Å². The normalized spacial score (nSPS) is 41.7. The topological polar surface area (TPSA) is 186 Å². The fourth-order valence-corrected chi connectivity index (χ4v) is 10.6. The van der Waals surface area contributed by atoms with Crippen molar-refractivity contribution < 1.29 is 58.6 Å². The van der Waals surface area contributed by atoms with Crippen molar-refractivity contribution in [1.82, 2.24) is 0 Å². The van der Waals surface area contributed by atoms with Crippen LogP contribution in [0.25, 0.3) is 0 Å². The van der Waals surface area contributed by atoms with Crippen LogP contribution in [0.15, 0.2) is 35.6 Å². The number of aliphatic hydroxyl groups excluding tert-OH is 2. The SMILES string of the molecule is CC(=O)OC1COC(OC2CC3(C)C4CC=C5C(C=C(O)C(=O)C5(C)C)C4(C)CCC3(C)C2C(C)(O)C(=O)C=CC(C)(C)O)C(OC(C)=O)C1O. The molecule has 0 amide bonds. The maximum atomic E-state index is 14.0. The van der Waals surface area contributed by atoms with Crippen molar-refractivity contribution >= 4 is 23.5 Å². The van der Waals surface area contributed by atoms with E-state index >= 15 is 0 Å². The molecular formula is C39H56O12. The fraction of sp³-hybridized carbons (Fsp3) is 0.744. The Bertz CT molecular complexity index is 1550. The Morgan fingerprint density at radius 2 is 1.59 bits per heavy atom.